The zero-order valence-electron chi connectivity index (χ0n) is 10.0. The van der Waals surface area contributed by atoms with Gasteiger partial charge in [-0.2, -0.15) is 0 Å². The van der Waals surface area contributed by atoms with Crippen molar-refractivity contribution in [1.29, 1.82) is 0 Å². The lowest BCUT2D eigenvalue weighted by Gasteiger charge is -2.06. The molecule has 0 saturated heterocycles. The Labute approximate surface area is 117 Å². The number of rotatable bonds is 4. The molecule has 0 aliphatic carbocycles. The normalized spacial score (nSPS) is 10.5. The van der Waals surface area contributed by atoms with Gasteiger partial charge in [0.15, 0.2) is 0 Å². The fraction of sp³-hybridized carbons (Fsp3) is 0.154. The van der Waals surface area contributed by atoms with Crippen LogP contribution in [0, 0.1) is 12.7 Å². The van der Waals surface area contributed by atoms with Gasteiger partial charge in [-0.15, -0.1) is 0 Å². The summed E-state index contributed by atoms with van der Waals surface area (Å²) in [6, 6.07) is 5.92. The molecule has 100 valence electrons. The summed E-state index contributed by atoms with van der Waals surface area (Å²) < 4.78 is 19.0. The molecule has 4 nitrogen and oxygen atoms in total. The van der Waals surface area contributed by atoms with Crippen molar-refractivity contribution in [3.05, 3.63) is 51.6 Å². The van der Waals surface area contributed by atoms with E-state index in [1.807, 2.05) is 0 Å². The smallest absolute Gasteiger partial charge is 0.372 e. The first kappa shape index (κ1) is 13.6. The average molecular weight is 328 g/mol. The van der Waals surface area contributed by atoms with Crippen LogP contribution >= 0.6 is 15.9 Å². The lowest BCUT2D eigenvalue weighted by atomic mass is 10.2. The number of hydrogen-bond donors (Lipinski definition) is 2. The van der Waals surface area contributed by atoms with Gasteiger partial charge in [-0.25, -0.2) is 9.18 Å². The number of carbonyl (C=O) groups is 1. The van der Waals surface area contributed by atoms with Crippen molar-refractivity contribution in [2.45, 2.75) is 13.5 Å². The second kappa shape index (κ2) is 5.44. The Morgan fingerprint density at radius 3 is 2.84 bits per heavy atom. The van der Waals surface area contributed by atoms with Gasteiger partial charge in [0.25, 0.3) is 0 Å². The zero-order valence-corrected chi connectivity index (χ0v) is 11.6. The largest absolute Gasteiger partial charge is 0.475 e. The number of nitrogens with one attached hydrogen (secondary N) is 1. The van der Waals surface area contributed by atoms with E-state index in [0.717, 1.165) is 4.47 Å². The lowest BCUT2D eigenvalue weighted by Crippen LogP contribution is -1.99. The minimum atomic E-state index is -1.10. The van der Waals surface area contributed by atoms with Crippen LogP contribution in [0.25, 0.3) is 0 Å². The van der Waals surface area contributed by atoms with Gasteiger partial charge in [0.1, 0.15) is 11.6 Å². The van der Waals surface area contributed by atoms with Crippen molar-refractivity contribution in [3.63, 3.8) is 0 Å². The van der Waals surface area contributed by atoms with E-state index >= 15 is 0 Å². The molecule has 1 aromatic carbocycles. The molecule has 0 amide bonds. The second-order valence-electron chi connectivity index (χ2n) is 4.01. The van der Waals surface area contributed by atoms with Crippen LogP contribution in [0.4, 0.5) is 10.1 Å². The van der Waals surface area contributed by atoms with E-state index in [-0.39, 0.29) is 18.1 Å². The van der Waals surface area contributed by atoms with Crippen molar-refractivity contribution in [2.75, 3.05) is 5.32 Å². The fourth-order valence-electron chi connectivity index (χ4n) is 1.66. The first-order valence-corrected chi connectivity index (χ1v) is 6.28. The number of carboxylic acid groups (broad SMARTS) is 1. The highest BCUT2D eigenvalue weighted by Crippen LogP contribution is 2.24. The molecule has 0 radical (unpaired) electrons. The molecule has 0 aliphatic heterocycles. The molecule has 1 aromatic heterocycles. The summed E-state index contributed by atoms with van der Waals surface area (Å²) in [5.74, 6) is -1.05. The summed E-state index contributed by atoms with van der Waals surface area (Å²) in [6.45, 7) is 1.94. The van der Waals surface area contributed by atoms with Crippen molar-refractivity contribution in [3.8, 4) is 0 Å². The van der Waals surface area contributed by atoms with Gasteiger partial charge in [-0.3, -0.25) is 0 Å². The van der Waals surface area contributed by atoms with E-state index in [1.54, 1.807) is 19.1 Å². The third-order valence-electron chi connectivity index (χ3n) is 2.54. The Kier molecular flexibility index (Phi) is 3.90. The first-order chi connectivity index (χ1) is 8.97. The predicted octanol–water partition coefficient (Wildman–Crippen LogP) is 3.80. The van der Waals surface area contributed by atoms with Crippen molar-refractivity contribution in [1.82, 2.24) is 0 Å². The Balaban J connectivity index is 2.12. The van der Waals surface area contributed by atoms with Crippen LogP contribution in [0.2, 0.25) is 0 Å². The Bertz CT molecular complexity index is 624. The molecule has 0 bridgehead atoms. The van der Waals surface area contributed by atoms with Crippen LogP contribution in [0.1, 0.15) is 21.9 Å². The molecular formula is C13H11BrFNO3. The molecule has 0 atom stereocenters. The molecule has 0 unspecified atom stereocenters. The maximum Gasteiger partial charge on any atom is 0.372 e. The highest BCUT2D eigenvalue weighted by Gasteiger charge is 2.14. The SMILES string of the molecule is Cc1cc(CNc2cc(F)ccc2Br)oc1C(=O)O. The monoisotopic (exact) mass is 327 g/mol. The predicted molar refractivity (Wildman–Crippen MR) is 71.8 cm³/mol. The van der Waals surface area contributed by atoms with Gasteiger partial charge >= 0.3 is 5.97 Å². The number of hydrogen-bond acceptors (Lipinski definition) is 3. The maximum atomic E-state index is 13.1. The third-order valence-corrected chi connectivity index (χ3v) is 3.24. The second-order valence-corrected chi connectivity index (χ2v) is 4.86. The van der Waals surface area contributed by atoms with Crippen LogP contribution < -0.4 is 5.32 Å². The van der Waals surface area contributed by atoms with E-state index in [0.29, 0.717) is 17.0 Å². The molecule has 0 saturated carbocycles. The van der Waals surface area contributed by atoms with Crippen LogP contribution in [0.15, 0.2) is 33.2 Å². The number of benzene rings is 1. The average Bonchev–Trinajstić information content (AvgIpc) is 2.72. The molecule has 2 rings (SSSR count). The van der Waals surface area contributed by atoms with Crippen molar-refractivity contribution >= 4 is 27.6 Å². The Hall–Kier alpha value is -1.82. The van der Waals surface area contributed by atoms with Gasteiger partial charge in [0, 0.05) is 10.0 Å². The van der Waals surface area contributed by atoms with Crippen LogP contribution in [-0.4, -0.2) is 11.1 Å². The first-order valence-electron chi connectivity index (χ1n) is 5.49. The summed E-state index contributed by atoms with van der Waals surface area (Å²) in [5, 5.41) is 11.8. The molecule has 19 heavy (non-hydrogen) atoms. The summed E-state index contributed by atoms with van der Waals surface area (Å²) in [4.78, 5) is 10.8. The molecule has 1 heterocycles. The standard InChI is InChI=1S/C13H11BrFNO3/c1-7-4-9(19-12(7)13(17)18)6-16-11-5-8(15)2-3-10(11)14/h2-5,16H,6H2,1H3,(H,17,18). The van der Waals surface area contributed by atoms with Gasteiger partial charge in [0.05, 0.1) is 12.2 Å². The molecule has 2 aromatic rings. The highest BCUT2D eigenvalue weighted by molar-refractivity contribution is 9.10. The lowest BCUT2D eigenvalue weighted by molar-refractivity contribution is 0.0659. The third kappa shape index (κ3) is 3.14. The fourth-order valence-corrected chi connectivity index (χ4v) is 2.05. The summed E-state index contributed by atoms with van der Waals surface area (Å²) >= 11 is 3.29. The highest BCUT2D eigenvalue weighted by atomic mass is 79.9. The maximum absolute atomic E-state index is 13.1. The minimum Gasteiger partial charge on any atom is -0.475 e. The van der Waals surface area contributed by atoms with Gasteiger partial charge in [0.2, 0.25) is 5.76 Å². The van der Waals surface area contributed by atoms with Crippen molar-refractivity contribution < 1.29 is 18.7 Å². The molecular weight excluding hydrogens is 317 g/mol. The zero-order chi connectivity index (χ0) is 14.0. The van der Waals surface area contributed by atoms with E-state index in [4.69, 9.17) is 9.52 Å². The number of furan rings is 1. The van der Waals surface area contributed by atoms with E-state index in [2.05, 4.69) is 21.2 Å². The molecule has 0 fully saturated rings. The summed E-state index contributed by atoms with van der Waals surface area (Å²) in [6.07, 6.45) is 0. The van der Waals surface area contributed by atoms with Crippen LogP contribution in [0.5, 0.6) is 0 Å². The van der Waals surface area contributed by atoms with Gasteiger partial charge in [-0.1, -0.05) is 0 Å². The Morgan fingerprint density at radius 1 is 1.47 bits per heavy atom. The number of carboxylic acids is 1. The van der Waals surface area contributed by atoms with Crippen molar-refractivity contribution in [2.24, 2.45) is 0 Å². The van der Waals surface area contributed by atoms with E-state index in [1.165, 1.54) is 12.1 Å². The number of anilines is 1. The van der Waals surface area contributed by atoms with Gasteiger partial charge < -0.3 is 14.8 Å². The molecule has 6 heteroatoms. The van der Waals surface area contributed by atoms with Gasteiger partial charge in [-0.05, 0) is 47.1 Å². The van der Waals surface area contributed by atoms with E-state index in [9.17, 15) is 9.18 Å². The van der Waals surface area contributed by atoms with Crippen LogP contribution in [-0.2, 0) is 6.54 Å². The summed E-state index contributed by atoms with van der Waals surface area (Å²) in [5.41, 5.74) is 1.13. The number of aryl methyl sites for hydroxylation is 1. The Morgan fingerprint density at radius 2 is 2.21 bits per heavy atom. The molecule has 2 N–H and O–H groups in total. The number of halogens is 2. The number of aromatic carboxylic acids is 1. The minimum absolute atomic E-state index is 0.0740. The quantitative estimate of drug-likeness (QED) is 0.896. The summed E-state index contributed by atoms with van der Waals surface area (Å²) in [7, 11) is 0. The topological polar surface area (TPSA) is 62.5 Å². The molecule has 0 spiro atoms. The van der Waals surface area contributed by atoms with Crippen LogP contribution in [0.3, 0.4) is 0 Å². The molecule has 0 aliphatic rings. The van der Waals surface area contributed by atoms with E-state index < -0.39 is 5.97 Å².